The normalized spacial score (nSPS) is 11.1. The number of ether oxygens (including phenoxy) is 1. The lowest BCUT2D eigenvalue weighted by atomic mass is 10.2. The van der Waals surface area contributed by atoms with Crippen molar-refractivity contribution < 1.29 is 17.9 Å². The summed E-state index contributed by atoms with van der Waals surface area (Å²) in [5.74, 6) is 0.322. The van der Waals surface area contributed by atoms with Crippen LogP contribution in [0.15, 0.2) is 53.4 Å². The molecule has 0 heterocycles. The summed E-state index contributed by atoms with van der Waals surface area (Å²) in [5, 5.41) is 2.85. The smallest absolute Gasteiger partial charge is 0.232 e. The molecule has 0 bridgehead atoms. The van der Waals surface area contributed by atoms with E-state index in [9.17, 15) is 13.2 Å². The minimum Gasteiger partial charge on any atom is -0.495 e. The van der Waals surface area contributed by atoms with Crippen molar-refractivity contribution in [2.24, 2.45) is 0 Å². The van der Waals surface area contributed by atoms with E-state index in [0.717, 1.165) is 16.8 Å². The number of methoxy groups -OCH3 is 1. The number of hydrogen-bond acceptors (Lipinski definition) is 5. The Morgan fingerprint density at radius 3 is 2.59 bits per heavy atom. The first-order valence-corrected chi connectivity index (χ1v) is 11.5. The molecular weight excluding hydrogens is 384 g/mol. The van der Waals surface area contributed by atoms with Crippen molar-refractivity contribution in [2.75, 3.05) is 35.8 Å². The van der Waals surface area contributed by atoms with Gasteiger partial charge < -0.3 is 10.1 Å². The molecule has 0 atom stereocenters. The summed E-state index contributed by atoms with van der Waals surface area (Å²) in [6.07, 6.45) is 3.72. The Hall–Kier alpha value is -2.19. The standard InChI is InChI=1S/C19H24N2O4S2/c1-25-18-11-5-4-10-17(18)21(27(3,23)24)13-7-12-19(22)20-15-8-6-9-16(14-15)26-2/h4-6,8-11,14H,7,12-13H2,1-3H3,(H,20,22). The second-order valence-corrected chi connectivity index (χ2v) is 8.68. The molecule has 2 aromatic carbocycles. The third-order valence-corrected chi connectivity index (χ3v) is 5.78. The zero-order chi connectivity index (χ0) is 19.9. The number of carbonyl (C=O) groups excluding carboxylic acids is 1. The van der Waals surface area contributed by atoms with Gasteiger partial charge in [-0.2, -0.15) is 0 Å². The van der Waals surface area contributed by atoms with Gasteiger partial charge in [0.15, 0.2) is 0 Å². The predicted molar refractivity (Wildman–Crippen MR) is 111 cm³/mol. The van der Waals surface area contributed by atoms with Crippen LogP contribution in [-0.2, 0) is 14.8 Å². The average molecular weight is 409 g/mol. The molecule has 0 fully saturated rings. The van der Waals surface area contributed by atoms with Crippen LogP contribution in [0.1, 0.15) is 12.8 Å². The van der Waals surface area contributed by atoms with Crippen molar-refractivity contribution in [3.05, 3.63) is 48.5 Å². The van der Waals surface area contributed by atoms with Crippen molar-refractivity contribution in [1.29, 1.82) is 0 Å². The highest BCUT2D eigenvalue weighted by Crippen LogP contribution is 2.29. The fourth-order valence-electron chi connectivity index (χ4n) is 2.61. The van der Waals surface area contributed by atoms with Crippen LogP contribution in [0.3, 0.4) is 0 Å². The first kappa shape index (κ1) is 21.1. The molecule has 2 aromatic rings. The highest BCUT2D eigenvalue weighted by Gasteiger charge is 2.20. The Kier molecular flexibility index (Phi) is 7.55. The molecule has 2 rings (SSSR count). The van der Waals surface area contributed by atoms with Gasteiger partial charge in [0, 0.05) is 23.5 Å². The summed E-state index contributed by atoms with van der Waals surface area (Å²) in [6, 6.07) is 14.5. The van der Waals surface area contributed by atoms with E-state index in [2.05, 4.69) is 5.32 Å². The van der Waals surface area contributed by atoms with Gasteiger partial charge in [-0.1, -0.05) is 18.2 Å². The Labute approximate surface area is 165 Å². The Balaban J connectivity index is 2.00. The van der Waals surface area contributed by atoms with Crippen molar-refractivity contribution in [3.8, 4) is 5.75 Å². The molecule has 1 N–H and O–H groups in total. The topological polar surface area (TPSA) is 75.7 Å². The average Bonchev–Trinajstić information content (AvgIpc) is 2.64. The molecule has 27 heavy (non-hydrogen) atoms. The molecule has 0 aliphatic carbocycles. The van der Waals surface area contributed by atoms with Crippen LogP contribution < -0.4 is 14.4 Å². The quantitative estimate of drug-likeness (QED) is 0.642. The summed E-state index contributed by atoms with van der Waals surface area (Å²) in [6.45, 7) is 0.192. The van der Waals surface area contributed by atoms with E-state index in [-0.39, 0.29) is 18.9 Å². The molecule has 0 radical (unpaired) electrons. The van der Waals surface area contributed by atoms with E-state index in [1.165, 1.54) is 11.4 Å². The molecule has 8 heteroatoms. The number of benzene rings is 2. The van der Waals surface area contributed by atoms with Crippen LogP contribution in [0.5, 0.6) is 5.75 Å². The fourth-order valence-corrected chi connectivity index (χ4v) is 4.04. The van der Waals surface area contributed by atoms with Crippen molar-refractivity contribution >= 4 is 39.1 Å². The van der Waals surface area contributed by atoms with Gasteiger partial charge in [-0.25, -0.2) is 8.42 Å². The second-order valence-electron chi connectivity index (χ2n) is 5.89. The van der Waals surface area contributed by atoms with Crippen LogP contribution >= 0.6 is 11.8 Å². The number of anilines is 2. The first-order valence-electron chi connectivity index (χ1n) is 8.40. The lowest BCUT2D eigenvalue weighted by Gasteiger charge is -2.24. The Morgan fingerprint density at radius 1 is 1.19 bits per heavy atom. The Bertz CT molecular complexity index is 885. The predicted octanol–water partition coefficient (Wildman–Crippen LogP) is 3.60. The van der Waals surface area contributed by atoms with Gasteiger partial charge in [0.25, 0.3) is 0 Å². The number of carbonyl (C=O) groups is 1. The zero-order valence-electron chi connectivity index (χ0n) is 15.6. The molecule has 0 saturated heterocycles. The monoisotopic (exact) mass is 408 g/mol. The minimum atomic E-state index is -3.50. The van der Waals surface area contributed by atoms with Crippen LogP contribution in [-0.4, -0.2) is 40.5 Å². The SMILES string of the molecule is COc1ccccc1N(CCCC(=O)Nc1cccc(SC)c1)S(C)(=O)=O. The number of thioether (sulfide) groups is 1. The minimum absolute atomic E-state index is 0.151. The van der Waals surface area contributed by atoms with Crippen molar-refractivity contribution in [1.82, 2.24) is 0 Å². The molecule has 0 unspecified atom stereocenters. The van der Waals surface area contributed by atoms with E-state index < -0.39 is 10.0 Å². The third-order valence-electron chi connectivity index (χ3n) is 3.87. The van der Waals surface area contributed by atoms with Crippen LogP contribution in [0.4, 0.5) is 11.4 Å². The van der Waals surface area contributed by atoms with Crippen LogP contribution in [0, 0.1) is 0 Å². The summed E-state index contributed by atoms with van der Waals surface area (Å²) in [7, 11) is -2.00. The molecule has 0 spiro atoms. The van der Waals surface area contributed by atoms with Crippen molar-refractivity contribution in [3.63, 3.8) is 0 Å². The maximum absolute atomic E-state index is 12.2. The number of rotatable bonds is 9. The first-order chi connectivity index (χ1) is 12.8. The lowest BCUT2D eigenvalue weighted by molar-refractivity contribution is -0.116. The summed E-state index contributed by atoms with van der Waals surface area (Å²) < 4.78 is 30.9. The zero-order valence-corrected chi connectivity index (χ0v) is 17.3. The number of hydrogen-bond donors (Lipinski definition) is 1. The number of sulfonamides is 1. The second kappa shape index (κ2) is 9.66. The number of para-hydroxylation sites is 2. The molecule has 0 aliphatic rings. The molecule has 0 aliphatic heterocycles. The highest BCUT2D eigenvalue weighted by atomic mass is 32.2. The summed E-state index contributed by atoms with van der Waals surface area (Å²) in [5.41, 5.74) is 1.20. The van der Waals surface area contributed by atoms with Gasteiger partial charge in [-0.15, -0.1) is 11.8 Å². The van der Waals surface area contributed by atoms with E-state index in [0.29, 0.717) is 17.9 Å². The van der Waals surface area contributed by atoms with Gasteiger partial charge >= 0.3 is 0 Å². The molecule has 0 aromatic heterocycles. The molecular formula is C19H24N2O4S2. The van der Waals surface area contributed by atoms with Gasteiger partial charge in [0.2, 0.25) is 15.9 Å². The lowest BCUT2D eigenvalue weighted by Crippen LogP contribution is -2.31. The molecule has 0 saturated carbocycles. The maximum Gasteiger partial charge on any atom is 0.232 e. The fraction of sp³-hybridized carbons (Fsp3) is 0.316. The van der Waals surface area contributed by atoms with Crippen LogP contribution in [0.25, 0.3) is 0 Å². The number of nitrogens with zero attached hydrogens (tertiary/aromatic N) is 1. The molecule has 1 amide bonds. The maximum atomic E-state index is 12.2. The van der Waals surface area contributed by atoms with E-state index in [1.54, 1.807) is 36.0 Å². The van der Waals surface area contributed by atoms with Gasteiger partial charge in [-0.05, 0) is 43.0 Å². The third kappa shape index (κ3) is 6.18. The highest BCUT2D eigenvalue weighted by molar-refractivity contribution is 7.98. The number of nitrogens with one attached hydrogen (secondary N) is 1. The van der Waals surface area contributed by atoms with Gasteiger partial charge in [0.1, 0.15) is 5.75 Å². The van der Waals surface area contributed by atoms with Crippen LogP contribution in [0.2, 0.25) is 0 Å². The molecule has 6 nitrogen and oxygen atoms in total. The summed E-state index contributed by atoms with van der Waals surface area (Å²) >= 11 is 1.60. The van der Waals surface area contributed by atoms with E-state index >= 15 is 0 Å². The number of amides is 1. The van der Waals surface area contributed by atoms with Gasteiger partial charge in [-0.3, -0.25) is 9.10 Å². The molecule has 146 valence electrons. The van der Waals surface area contributed by atoms with E-state index in [4.69, 9.17) is 4.74 Å². The Morgan fingerprint density at radius 2 is 1.93 bits per heavy atom. The van der Waals surface area contributed by atoms with Gasteiger partial charge in [0.05, 0.1) is 19.1 Å². The largest absolute Gasteiger partial charge is 0.495 e. The summed E-state index contributed by atoms with van der Waals surface area (Å²) in [4.78, 5) is 13.3. The van der Waals surface area contributed by atoms with Crippen molar-refractivity contribution in [2.45, 2.75) is 17.7 Å². The van der Waals surface area contributed by atoms with E-state index in [1.807, 2.05) is 30.5 Å².